The monoisotopic (exact) mass is 241 g/mol. The lowest BCUT2D eigenvalue weighted by Crippen LogP contribution is -2.32. The van der Waals surface area contributed by atoms with E-state index in [0.717, 1.165) is 5.52 Å². The van der Waals surface area contributed by atoms with Crippen LogP contribution in [0.25, 0.3) is 10.9 Å². The van der Waals surface area contributed by atoms with Gasteiger partial charge < -0.3 is 0 Å². The number of hydrogen-bond donors (Lipinski definition) is 2. The molecule has 1 unspecified atom stereocenters. The summed E-state index contributed by atoms with van der Waals surface area (Å²) in [5, 5.41) is 1.19. The Bertz CT molecular complexity index is 532. The number of hydrazine groups is 1. The second-order valence-electron chi connectivity index (χ2n) is 5.14. The molecule has 1 fully saturated rings. The van der Waals surface area contributed by atoms with E-state index < -0.39 is 0 Å². The lowest BCUT2D eigenvalue weighted by Gasteiger charge is -2.23. The number of benzene rings is 1. The molecule has 1 aliphatic rings. The number of fused-ring (bicyclic) bond motifs is 1. The number of nitrogens with zero attached hydrogens (tertiary/aromatic N) is 1. The molecule has 1 aromatic heterocycles. The molecule has 1 heterocycles. The Morgan fingerprint density at radius 2 is 2.06 bits per heavy atom. The molecule has 94 valence electrons. The number of aromatic nitrogens is 1. The van der Waals surface area contributed by atoms with Crippen LogP contribution >= 0.6 is 0 Å². The molecule has 3 N–H and O–H groups in total. The number of nitrogens with two attached hydrogens (primary N) is 1. The first kappa shape index (κ1) is 11.6. The van der Waals surface area contributed by atoms with Crippen molar-refractivity contribution in [1.82, 2.24) is 10.4 Å². The van der Waals surface area contributed by atoms with Gasteiger partial charge in [0, 0.05) is 17.6 Å². The van der Waals surface area contributed by atoms with Gasteiger partial charge in [-0.15, -0.1) is 0 Å². The van der Waals surface area contributed by atoms with Gasteiger partial charge in [-0.3, -0.25) is 16.3 Å². The van der Waals surface area contributed by atoms with Crippen LogP contribution in [0.3, 0.4) is 0 Å². The van der Waals surface area contributed by atoms with Gasteiger partial charge in [0.1, 0.15) is 0 Å². The van der Waals surface area contributed by atoms with E-state index in [1.54, 1.807) is 0 Å². The molecule has 1 aliphatic carbocycles. The first-order valence-corrected chi connectivity index (χ1v) is 6.69. The lowest BCUT2D eigenvalue weighted by atomic mass is 9.91. The quantitative estimate of drug-likeness (QED) is 0.641. The third-order valence-corrected chi connectivity index (χ3v) is 4.04. The summed E-state index contributed by atoms with van der Waals surface area (Å²) in [5.41, 5.74) is 5.33. The van der Waals surface area contributed by atoms with Crippen LogP contribution in [0.2, 0.25) is 0 Å². The van der Waals surface area contributed by atoms with E-state index >= 15 is 0 Å². The molecule has 3 heteroatoms. The highest BCUT2D eigenvalue weighted by Crippen LogP contribution is 2.35. The minimum absolute atomic E-state index is 0.275. The molecule has 0 radical (unpaired) electrons. The van der Waals surface area contributed by atoms with Gasteiger partial charge in [-0.2, -0.15) is 0 Å². The van der Waals surface area contributed by atoms with Crippen LogP contribution in [0, 0.1) is 5.92 Å². The molecule has 0 bridgehead atoms. The zero-order chi connectivity index (χ0) is 12.4. The lowest BCUT2D eigenvalue weighted by molar-refractivity contribution is 0.374. The fraction of sp³-hybridized carbons (Fsp3) is 0.400. The highest BCUT2D eigenvalue weighted by molar-refractivity contribution is 5.79. The Morgan fingerprint density at radius 3 is 2.83 bits per heavy atom. The van der Waals surface area contributed by atoms with Crippen molar-refractivity contribution < 1.29 is 0 Å². The van der Waals surface area contributed by atoms with Gasteiger partial charge in [0.2, 0.25) is 0 Å². The standard InChI is InChI=1S/C15H19N3/c16-18-15(11-4-1-2-5-11)13-7-8-14-12(10-13)6-3-9-17-14/h3,6-11,15,18H,1-2,4-5,16H2. The van der Waals surface area contributed by atoms with Gasteiger partial charge >= 0.3 is 0 Å². The maximum Gasteiger partial charge on any atom is 0.0702 e. The third-order valence-electron chi connectivity index (χ3n) is 4.04. The van der Waals surface area contributed by atoms with Crippen molar-refractivity contribution >= 4 is 10.9 Å². The average molecular weight is 241 g/mol. The molecule has 18 heavy (non-hydrogen) atoms. The molecule has 0 amide bonds. The zero-order valence-electron chi connectivity index (χ0n) is 10.5. The maximum atomic E-state index is 5.76. The fourth-order valence-electron chi connectivity index (χ4n) is 3.08. The van der Waals surface area contributed by atoms with Crippen molar-refractivity contribution in [3.05, 3.63) is 42.1 Å². The van der Waals surface area contributed by atoms with Crippen LogP contribution < -0.4 is 11.3 Å². The van der Waals surface area contributed by atoms with E-state index in [0.29, 0.717) is 5.92 Å². The predicted molar refractivity (Wildman–Crippen MR) is 73.8 cm³/mol. The molecular weight excluding hydrogens is 222 g/mol. The van der Waals surface area contributed by atoms with Crippen molar-refractivity contribution in [3.63, 3.8) is 0 Å². The third kappa shape index (κ3) is 2.11. The van der Waals surface area contributed by atoms with E-state index in [1.165, 1.54) is 36.6 Å². The van der Waals surface area contributed by atoms with E-state index in [-0.39, 0.29) is 6.04 Å². The first-order valence-electron chi connectivity index (χ1n) is 6.69. The van der Waals surface area contributed by atoms with E-state index in [4.69, 9.17) is 5.84 Å². The van der Waals surface area contributed by atoms with Gasteiger partial charge in [-0.25, -0.2) is 0 Å². The summed E-state index contributed by atoms with van der Waals surface area (Å²) >= 11 is 0. The van der Waals surface area contributed by atoms with Crippen molar-refractivity contribution in [2.24, 2.45) is 11.8 Å². The van der Waals surface area contributed by atoms with Crippen molar-refractivity contribution in [2.45, 2.75) is 31.7 Å². The van der Waals surface area contributed by atoms with Gasteiger partial charge in [0.25, 0.3) is 0 Å². The molecule has 1 aromatic carbocycles. The molecule has 3 rings (SSSR count). The summed E-state index contributed by atoms with van der Waals surface area (Å²) in [6, 6.07) is 10.8. The molecule has 0 spiro atoms. The average Bonchev–Trinajstić information content (AvgIpc) is 2.93. The summed E-state index contributed by atoms with van der Waals surface area (Å²) in [7, 11) is 0. The molecular formula is C15H19N3. The Labute approximate surface area is 107 Å². The fourth-order valence-corrected chi connectivity index (χ4v) is 3.08. The van der Waals surface area contributed by atoms with Crippen molar-refractivity contribution in [1.29, 1.82) is 0 Å². The van der Waals surface area contributed by atoms with Gasteiger partial charge in [-0.1, -0.05) is 25.0 Å². The number of rotatable bonds is 3. The molecule has 1 atom stereocenters. The van der Waals surface area contributed by atoms with Crippen LogP contribution in [0.4, 0.5) is 0 Å². The van der Waals surface area contributed by atoms with Gasteiger partial charge in [-0.05, 0) is 42.5 Å². The molecule has 0 saturated heterocycles. The maximum absolute atomic E-state index is 5.76. The van der Waals surface area contributed by atoms with Crippen LogP contribution in [0.15, 0.2) is 36.5 Å². The SMILES string of the molecule is NNC(c1ccc2ncccc2c1)C1CCCC1. The summed E-state index contributed by atoms with van der Waals surface area (Å²) in [5.74, 6) is 6.43. The number of nitrogens with one attached hydrogen (secondary N) is 1. The topological polar surface area (TPSA) is 50.9 Å². The zero-order valence-corrected chi connectivity index (χ0v) is 10.5. The number of pyridine rings is 1. The Kier molecular flexibility index (Phi) is 3.26. The Hall–Kier alpha value is -1.45. The minimum atomic E-state index is 0.275. The summed E-state index contributed by atoms with van der Waals surface area (Å²) in [6.07, 6.45) is 7.05. The summed E-state index contributed by atoms with van der Waals surface area (Å²) in [6.45, 7) is 0. The van der Waals surface area contributed by atoms with E-state index in [1.807, 2.05) is 12.3 Å². The second-order valence-corrected chi connectivity index (χ2v) is 5.14. The normalized spacial score (nSPS) is 18.3. The number of hydrogen-bond acceptors (Lipinski definition) is 3. The van der Waals surface area contributed by atoms with Crippen LogP contribution in [-0.4, -0.2) is 4.98 Å². The predicted octanol–water partition coefficient (Wildman–Crippen LogP) is 2.93. The van der Waals surface area contributed by atoms with Crippen molar-refractivity contribution in [2.75, 3.05) is 0 Å². The van der Waals surface area contributed by atoms with Crippen LogP contribution in [0.1, 0.15) is 37.3 Å². The smallest absolute Gasteiger partial charge is 0.0702 e. The molecule has 2 aromatic rings. The Morgan fingerprint density at radius 1 is 1.22 bits per heavy atom. The van der Waals surface area contributed by atoms with Crippen molar-refractivity contribution in [3.8, 4) is 0 Å². The Balaban J connectivity index is 1.96. The largest absolute Gasteiger partial charge is 0.271 e. The second kappa shape index (κ2) is 5.04. The first-order chi connectivity index (χ1) is 8.88. The van der Waals surface area contributed by atoms with Crippen LogP contribution in [0.5, 0.6) is 0 Å². The molecule has 3 nitrogen and oxygen atoms in total. The van der Waals surface area contributed by atoms with E-state index in [2.05, 4.69) is 34.7 Å². The summed E-state index contributed by atoms with van der Waals surface area (Å²) in [4.78, 5) is 4.35. The minimum Gasteiger partial charge on any atom is -0.271 e. The highest BCUT2D eigenvalue weighted by atomic mass is 15.2. The highest BCUT2D eigenvalue weighted by Gasteiger charge is 2.25. The van der Waals surface area contributed by atoms with E-state index in [9.17, 15) is 0 Å². The molecule has 0 aliphatic heterocycles. The van der Waals surface area contributed by atoms with Gasteiger partial charge in [0.15, 0.2) is 0 Å². The van der Waals surface area contributed by atoms with Gasteiger partial charge in [0.05, 0.1) is 5.52 Å². The molecule has 1 saturated carbocycles. The van der Waals surface area contributed by atoms with Crippen LogP contribution in [-0.2, 0) is 0 Å². The summed E-state index contributed by atoms with van der Waals surface area (Å²) < 4.78 is 0.